The van der Waals surface area contributed by atoms with Gasteiger partial charge in [0.1, 0.15) is 5.76 Å². The van der Waals surface area contributed by atoms with E-state index < -0.39 is 5.97 Å². The summed E-state index contributed by atoms with van der Waals surface area (Å²) in [6.45, 7) is 0.213. The molecule has 2 heterocycles. The quantitative estimate of drug-likeness (QED) is 0.808. The molecule has 1 aromatic heterocycles. The van der Waals surface area contributed by atoms with Crippen LogP contribution in [0.2, 0.25) is 0 Å². The number of methoxy groups -OCH3 is 1. The van der Waals surface area contributed by atoms with Gasteiger partial charge in [-0.2, -0.15) is 0 Å². The lowest BCUT2D eigenvalue weighted by atomic mass is 10.2. The molecule has 6 nitrogen and oxygen atoms in total. The van der Waals surface area contributed by atoms with Gasteiger partial charge in [-0.1, -0.05) is 0 Å². The van der Waals surface area contributed by atoms with Crippen LogP contribution in [-0.2, 0) is 4.74 Å². The maximum atomic E-state index is 11.8. The van der Waals surface area contributed by atoms with Gasteiger partial charge in [-0.3, -0.25) is 0 Å². The van der Waals surface area contributed by atoms with Gasteiger partial charge in [0.15, 0.2) is 17.2 Å². The van der Waals surface area contributed by atoms with Gasteiger partial charge in [-0.15, -0.1) is 0 Å². The smallest absolute Gasteiger partial charge is 0.360 e. The van der Waals surface area contributed by atoms with Crippen molar-refractivity contribution in [1.29, 1.82) is 0 Å². The van der Waals surface area contributed by atoms with Crippen LogP contribution >= 0.6 is 0 Å². The highest BCUT2D eigenvalue weighted by molar-refractivity contribution is 5.89. The number of rotatable bonds is 3. The van der Waals surface area contributed by atoms with Crippen LogP contribution in [0.5, 0.6) is 11.5 Å². The lowest BCUT2D eigenvalue weighted by molar-refractivity contribution is 0.0592. The van der Waals surface area contributed by atoms with Crippen LogP contribution in [0.4, 0.5) is 0 Å². The van der Waals surface area contributed by atoms with Crippen molar-refractivity contribution in [1.82, 2.24) is 4.98 Å². The minimum atomic E-state index is -0.465. The molecule has 2 aromatic rings. The lowest BCUT2D eigenvalue weighted by Crippen LogP contribution is -2.04. The highest BCUT2D eigenvalue weighted by Crippen LogP contribution is 2.44. The Kier molecular flexibility index (Phi) is 2.63. The fourth-order valence-corrected chi connectivity index (χ4v) is 2.35. The molecule has 0 radical (unpaired) electrons. The van der Waals surface area contributed by atoms with Crippen molar-refractivity contribution in [3.8, 4) is 23.0 Å². The third kappa shape index (κ3) is 2.03. The number of ether oxygens (including phenoxy) is 3. The molecule has 1 saturated carbocycles. The van der Waals surface area contributed by atoms with E-state index in [1.54, 1.807) is 12.1 Å². The molecule has 0 saturated heterocycles. The number of hydrogen-bond acceptors (Lipinski definition) is 6. The van der Waals surface area contributed by atoms with Crippen molar-refractivity contribution in [3.63, 3.8) is 0 Å². The van der Waals surface area contributed by atoms with E-state index >= 15 is 0 Å². The molecule has 0 unspecified atom stereocenters. The van der Waals surface area contributed by atoms with Crippen molar-refractivity contribution in [2.45, 2.75) is 18.8 Å². The fourth-order valence-electron chi connectivity index (χ4n) is 2.35. The predicted molar refractivity (Wildman–Crippen MR) is 71.4 cm³/mol. The third-order valence-electron chi connectivity index (χ3n) is 3.60. The largest absolute Gasteiger partial charge is 0.464 e. The number of carbonyl (C=O) groups is 1. The summed E-state index contributed by atoms with van der Waals surface area (Å²) in [5.41, 5.74) is 1.02. The summed E-state index contributed by atoms with van der Waals surface area (Å²) in [5.74, 6) is 2.17. The molecular weight excluding hydrogens is 274 g/mol. The molecule has 2 aliphatic rings. The van der Waals surface area contributed by atoms with E-state index in [2.05, 4.69) is 4.98 Å². The van der Waals surface area contributed by atoms with Crippen LogP contribution < -0.4 is 9.47 Å². The first kappa shape index (κ1) is 12.3. The maximum Gasteiger partial charge on any atom is 0.360 e. The zero-order valence-electron chi connectivity index (χ0n) is 11.4. The molecule has 4 rings (SSSR count). The molecule has 1 aliphatic carbocycles. The third-order valence-corrected chi connectivity index (χ3v) is 3.60. The summed E-state index contributed by atoms with van der Waals surface area (Å²) in [4.78, 5) is 16.1. The van der Waals surface area contributed by atoms with Crippen molar-refractivity contribution >= 4 is 5.97 Å². The Bertz CT molecular complexity index is 717. The van der Waals surface area contributed by atoms with E-state index in [1.165, 1.54) is 7.11 Å². The van der Waals surface area contributed by atoms with Crippen molar-refractivity contribution in [2.24, 2.45) is 0 Å². The molecule has 21 heavy (non-hydrogen) atoms. The normalized spacial score (nSPS) is 16.0. The molecule has 0 N–H and O–H groups in total. The van der Waals surface area contributed by atoms with Gasteiger partial charge < -0.3 is 18.6 Å². The zero-order chi connectivity index (χ0) is 14.4. The highest BCUT2D eigenvalue weighted by Gasteiger charge is 2.34. The number of fused-ring (bicyclic) bond motifs is 1. The summed E-state index contributed by atoms with van der Waals surface area (Å²) in [6, 6.07) is 5.43. The first-order valence-corrected chi connectivity index (χ1v) is 6.75. The van der Waals surface area contributed by atoms with E-state index in [4.69, 9.17) is 18.6 Å². The van der Waals surface area contributed by atoms with Crippen molar-refractivity contribution in [3.05, 3.63) is 29.7 Å². The van der Waals surface area contributed by atoms with Crippen molar-refractivity contribution in [2.75, 3.05) is 13.9 Å². The number of aromatic nitrogens is 1. The Morgan fingerprint density at radius 3 is 2.86 bits per heavy atom. The Morgan fingerprint density at radius 1 is 1.29 bits per heavy atom. The van der Waals surface area contributed by atoms with Crippen molar-refractivity contribution < 1.29 is 23.4 Å². The molecule has 6 heteroatoms. The monoisotopic (exact) mass is 287 g/mol. The average Bonchev–Trinajstić information content (AvgIpc) is 3.09. The second kappa shape index (κ2) is 4.51. The highest BCUT2D eigenvalue weighted by atomic mass is 16.7. The SMILES string of the molecule is COC(=O)c1nc(-c2ccc3c(c2)OCO3)oc1C1CC1. The van der Waals surface area contributed by atoms with Gasteiger partial charge in [0, 0.05) is 11.5 Å². The number of hydrogen-bond donors (Lipinski definition) is 0. The lowest BCUT2D eigenvalue weighted by Gasteiger charge is -1.98. The Balaban J connectivity index is 1.76. The first-order chi connectivity index (χ1) is 10.3. The summed E-state index contributed by atoms with van der Waals surface area (Å²) in [6.07, 6.45) is 2.03. The molecule has 0 bridgehead atoms. The van der Waals surface area contributed by atoms with Crippen LogP contribution in [0.25, 0.3) is 11.5 Å². The van der Waals surface area contributed by atoms with Crippen LogP contribution in [0.15, 0.2) is 22.6 Å². The number of nitrogens with zero attached hydrogens (tertiary/aromatic N) is 1. The molecule has 0 atom stereocenters. The second-order valence-electron chi connectivity index (χ2n) is 5.07. The predicted octanol–water partition coefficient (Wildman–Crippen LogP) is 2.73. The van der Waals surface area contributed by atoms with Gasteiger partial charge in [0.25, 0.3) is 0 Å². The molecule has 1 aromatic carbocycles. The molecule has 1 fully saturated rings. The molecule has 108 valence electrons. The van der Waals surface area contributed by atoms with Crippen LogP contribution in [0.1, 0.15) is 35.0 Å². The Labute approximate surface area is 120 Å². The van der Waals surface area contributed by atoms with E-state index in [0.717, 1.165) is 18.4 Å². The van der Waals surface area contributed by atoms with E-state index in [-0.39, 0.29) is 18.4 Å². The summed E-state index contributed by atoms with van der Waals surface area (Å²) in [5, 5.41) is 0. The first-order valence-electron chi connectivity index (χ1n) is 6.75. The van der Waals surface area contributed by atoms with E-state index in [9.17, 15) is 4.79 Å². The summed E-state index contributed by atoms with van der Waals surface area (Å²) in [7, 11) is 1.34. The fraction of sp³-hybridized carbons (Fsp3) is 0.333. The van der Waals surface area contributed by atoms with Crippen LogP contribution in [0.3, 0.4) is 0 Å². The second-order valence-corrected chi connectivity index (χ2v) is 5.07. The van der Waals surface area contributed by atoms with Crippen LogP contribution in [0, 0.1) is 0 Å². The Hall–Kier alpha value is -2.50. The van der Waals surface area contributed by atoms with Gasteiger partial charge in [-0.05, 0) is 31.0 Å². The number of oxazole rings is 1. The van der Waals surface area contributed by atoms with E-state index in [1.807, 2.05) is 6.07 Å². The maximum absolute atomic E-state index is 11.8. The molecular formula is C15H13NO5. The average molecular weight is 287 g/mol. The standard InChI is InChI=1S/C15H13NO5/c1-18-15(17)12-13(8-2-3-8)21-14(16-12)9-4-5-10-11(6-9)20-7-19-10/h4-6,8H,2-3,7H2,1H3. The Morgan fingerprint density at radius 2 is 2.10 bits per heavy atom. The summed E-state index contributed by atoms with van der Waals surface area (Å²) < 4.78 is 21.2. The number of benzene rings is 1. The molecule has 0 amide bonds. The van der Waals surface area contributed by atoms with Gasteiger partial charge in [0.05, 0.1) is 7.11 Å². The number of carbonyl (C=O) groups excluding carboxylic acids is 1. The molecule has 0 spiro atoms. The summed E-state index contributed by atoms with van der Waals surface area (Å²) >= 11 is 0. The number of esters is 1. The van der Waals surface area contributed by atoms with E-state index in [0.29, 0.717) is 23.1 Å². The minimum absolute atomic E-state index is 0.213. The molecule has 1 aliphatic heterocycles. The van der Waals surface area contributed by atoms with Crippen LogP contribution in [-0.4, -0.2) is 24.9 Å². The van der Waals surface area contributed by atoms with Gasteiger partial charge in [-0.25, -0.2) is 9.78 Å². The van der Waals surface area contributed by atoms with Gasteiger partial charge >= 0.3 is 5.97 Å². The zero-order valence-corrected chi connectivity index (χ0v) is 11.4. The topological polar surface area (TPSA) is 70.8 Å². The van der Waals surface area contributed by atoms with Gasteiger partial charge in [0.2, 0.25) is 12.7 Å². The minimum Gasteiger partial charge on any atom is -0.464 e.